The Labute approximate surface area is 214 Å². The van der Waals surface area contributed by atoms with Crippen LogP contribution in [-0.4, -0.2) is 24.3 Å². The number of nitrogens with one attached hydrogen (secondary N) is 1. The molecule has 0 saturated carbocycles. The Bertz CT molecular complexity index is 1380. The van der Waals surface area contributed by atoms with Crippen molar-refractivity contribution in [3.05, 3.63) is 95.0 Å². The molecule has 3 heterocycles. The number of hydrogen-bond acceptors (Lipinski definition) is 5. The summed E-state index contributed by atoms with van der Waals surface area (Å²) >= 11 is 12.1. The van der Waals surface area contributed by atoms with E-state index < -0.39 is 0 Å². The molecule has 1 N–H and O–H groups in total. The first-order chi connectivity index (χ1) is 17.0. The third-order valence-electron chi connectivity index (χ3n) is 6.13. The van der Waals surface area contributed by atoms with Gasteiger partial charge in [0.15, 0.2) is 5.11 Å². The van der Waals surface area contributed by atoms with E-state index in [0.717, 1.165) is 34.0 Å². The summed E-state index contributed by atoms with van der Waals surface area (Å²) < 4.78 is 17.7. The summed E-state index contributed by atoms with van der Waals surface area (Å²) in [6, 6.07) is 20.6. The molecule has 178 valence electrons. The molecule has 0 amide bonds. The van der Waals surface area contributed by atoms with E-state index in [2.05, 4.69) is 10.3 Å². The monoisotopic (exact) mass is 505 g/mol. The Kier molecular flexibility index (Phi) is 6.36. The van der Waals surface area contributed by atoms with E-state index in [4.69, 9.17) is 37.7 Å². The molecule has 2 aromatic heterocycles. The number of furan rings is 1. The van der Waals surface area contributed by atoms with Crippen LogP contribution in [0.4, 0.5) is 5.69 Å². The van der Waals surface area contributed by atoms with Gasteiger partial charge in [0.2, 0.25) is 0 Å². The van der Waals surface area contributed by atoms with Gasteiger partial charge < -0.3 is 24.1 Å². The summed E-state index contributed by atoms with van der Waals surface area (Å²) in [5.41, 5.74) is 3.63. The zero-order chi connectivity index (χ0) is 24.5. The second-order valence-corrected chi connectivity index (χ2v) is 9.02. The van der Waals surface area contributed by atoms with E-state index in [1.165, 1.54) is 0 Å². The van der Waals surface area contributed by atoms with Gasteiger partial charge in [0, 0.05) is 22.8 Å². The molecule has 4 aromatic rings. The van der Waals surface area contributed by atoms with Crippen LogP contribution < -0.4 is 19.7 Å². The lowest BCUT2D eigenvalue weighted by Crippen LogP contribution is -2.29. The van der Waals surface area contributed by atoms with Crippen molar-refractivity contribution >= 4 is 34.6 Å². The standard InChI is InChI=1S/C27H24ClN3O3S/c1-16-7-8-17(28)14-19(16)22-11-12-24(34-22)26-25(20-6-4-5-13-29-20)30-27(35)31(26)21-15-18(32-2)9-10-23(21)33-3/h4-15,25-26H,1-3H3,(H,30,35)/t25-,26+/m1/s1. The van der Waals surface area contributed by atoms with Crippen LogP contribution >= 0.6 is 23.8 Å². The summed E-state index contributed by atoms with van der Waals surface area (Å²) in [6.45, 7) is 2.03. The van der Waals surface area contributed by atoms with E-state index in [1.807, 2.05) is 78.6 Å². The van der Waals surface area contributed by atoms with Gasteiger partial charge in [-0.15, -0.1) is 0 Å². The summed E-state index contributed by atoms with van der Waals surface area (Å²) in [5.74, 6) is 2.82. The van der Waals surface area contributed by atoms with Crippen LogP contribution in [0.3, 0.4) is 0 Å². The maximum atomic E-state index is 6.47. The maximum absolute atomic E-state index is 6.47. The van der Waals surface area contributed by atoms with Crippen LogP contribution in [0.5, 0.6) is 11.5 Å². The highest BCUT2D eigenvalue weighted by atomic mass is 35.5. The molecule has 5 rings (SSSR count). The number of halogens is 1. The zero-order valence-corrected chi connectivity index (χ0v) is 21.1. The van der Waals surface area contributed by atoms with Crippen molar-refractivity contribution < 1.29 is 13.9 Å². The van der Waals surface area contributed by atoms with E-state index in [1.54, 1.807) is 20.4 Å². The van der Waals surface area contributed by atoms with Crippen molar-refractivity contribution in [3.8, 4) is 22.8 Å². The Hall–Kier alpha value is -3.55. The first kappa shape index (κ1) is 23.2. The van der Waals surface area contributed by atoms with Gasteiger partial charge >= 0.3 is 0 Å². The molecule has 1 fully saturated rings. The van der Waals surface area contributed by atoms with Gasteiger partial charge in [-0.1, -0.05) is 23.7 Å². The van der Waals surface area contributed by atoms with Gasteiger partial charge in [0.1, 0.15) is 29.1 Å². The third kappa shape index (κ3) is 4.33. The van der Waals surface area contributed by atoms with Crippen LogP contribution in [0.15, 0.2) is 77.3 Å². The van der Waals surface area contributed by atoms with E-state index in [-0.39, 0.29) is 12.1 Å². The fraction of sp³-hybridized carbons (Fsp3) is 0.185. The molecule has 8 heteroatoms. The fourth-order valence-corrected chi connectivity index (χ4v) is 4.92. The van der Waals surface area contributed by atoms with E-state index in [0.29, 0.717) is 21.6 Å². The second kappa shape index (κ2) is 9.60. The van der Waals surface area contributed by atoms with Crippen LogP contribution in [0.1, 0.15) is 29.1 Å². The smallest absolute Gasteiger partial charge is 0.174 e. The summed E-state index contributed by atoms with van der Waals surface area (Å²) in [7, 11) is 3.27. The number of anilines is 1. The number of rotatable bonds is 6. The Morgan fingerprint density at radius 3 is 2.63 bits per heavy atom. The number of hydrogen-bond donors (Lipinski definition) is 1. The molecule has 1 aliphatic rings. The first-order valence-electron chi connectivity index (χ1n) is 11.1. The van der Waals surface area contributed by atoms with Crippen LogP contribution in [0.25, 0.3) is 11.3 Å². The molecule has 0 bridgehead atoms. The predicted molar refractivity (Wildman–Crippen MR) is 141 cm³/mol. The summed E-state index contributed by atoms with van der Waals surface area (Å²) in [6.07, 6.45) is 1.77. The minimum atomic E-state index is -0.327. The van der Waals surface area contributed by atoms with Crippen molar-refractivity contribution in [2.75, 3.05) is 19.1 Å². The van der Waals surface area contributed by atoms with Gasteiger partial charge in [-0.2, -0.15) is 0 Å². The molecule has 1 aliphatic heterocycles. The van der Waals surface area contributed by atoms with Crippen LogP contribution in [-0.2, 0) is 0 Å². The number of aromatic nitrogens is 1. The van der Waals surface area contributed by atoms with Crippen LogP contribution in [0, 0.1) is 6.92 Å². The highest BCUT2D eigenvalue weighted by Crippen LogP contribution is 2.46. The molecule has 0 aliphatic carbocycles. The molecule has 2 atom stereocenters. The molecule has 6 nitrogen and oxygen atoms in total. The number of ether oxygens (including phenoxy) is 2. The predicted octanol–water partition coefficient (Wildman–Crippen LogP) is 6.50. The SMILES string of the molecule is COc1ccc(OC)c(N2C(=S)N[C@H](c3ccccn3)[C@@H]2c2ccc(-c3cc(Cl)ccc3C)o2)c1. The average molecular weight is 506 g/mol. The van der Waals surface area contributed by atoms with Gasteiger partial charge in [-0.3, -0.25) is 4.98 Å². The number of thiocarbonyl (C=S) groups is 1. The van der Waals surface area contributed by atoms with Gasteiger partial charge in [0.05, 0.1) is 31.6 Å². The van der Waals surface area contributed by atoms with Gasteiger partial charge in [0.25, 0.3) is 0 Å². The van der Waals surface area contributed by atoms with Gasteiger partial charge in [-0.05, 0) is 73.2 Å². The van der Waals surface area contributed by atoms with Crippen molar-refractivity contribution in [1.29, 1.82) is 0 Å². The van der Waals surface area contributed by atoms with E-state index in [9.17, 15) is 0 Å². The second-order valence-electron chi connectivity index (χ2n) is 8.20. The lowest BCUT2D eigenvalue weighted by atomic mass is 10.0. The summed E-state index contributed by atoms with van der Waals surface area (Å²) in [4.78, 5) is 6.61. The normalized spacial score (nSPS) is 17.4. The van der Waals surface area contributed by atoms with Crippen molar-refractivity contribution in [3.63, 3.8) is 0 Å². The number of pyridine rings is 1. The number of nitrogens with zero attached hydrogens (tertiary/aromatic N) is 2. The molecular formula is C27H24ClN3O3S. The molecule has 0 radical (unpaired) electrons. The van der Waals surface area contributed by atoms with Gasteiger partial charge in [-0.25, -0.2) is 0 Å². The molecule has 2 aromatic carbocycles. The lowest BCUT2D eigenvalue weighted by molar-refractivity contribution is 0.400. The highest BCUT2D eigenvalue weighted by Gasteiger charge is 2.43. The van der Waals surface area contributed by atoms with Crippen molar-refractivity contribution in [2.45, 2.75) is 19.0 Å². The number of aryl methyl sites for hydroxylation is 1. The maximum Gasteiger partial charge on any atom is 0.174 e. The van der Waals surface area contributed by atoms with Crippen LogP contribution in [0.2, 0.25) is 5.02 Å². The third-order valence-corrected chi connectivity index (χ3v) is 6.68. The quantitative estimate of drug-likeness (QED) is 0.300. The number of benzene rings is 2. The molecule has 0 unspecified atom stereocenters. The molecule has 0 spiro atoms. The minimum Gasteiger partial charge on any atom is -0.497 e. The molecule has 35 heavy (non-hydrogen) atoms. The largest absolute Gasteiger partial charge is 0.497 e. The number of methoxy groups -OCH3 is 2. The first-order valence-corrected chi connectivity index (χ1v) is 11.9. The summed E-state index contributed by atoms with van der Waals surface area (Å²) in [5, 5.41) is 4.63. The fourth-order valence-electron chi connectivity index (χ4n) is 4.40. The Morgan fingerprint density at radius 2 is 1.89 bits per heavy atom. The zero-order valence-electron chi connectivity index (χ0n) is 19.5. The molecular weight excluding hydrogens is 482 g/mol. The topological polar surface area (TPSA) is 59.8 Å². The molecule has 1 saturated heterocycles. The highest BCUT2D eigenvalue weighted by molar-refractivity contribution is 7.80. The Morgan fingerprint density at radius 1 is 1.03 bits per heavy atom. The Balaban J connectivity index is 1.65. The van der Waals surface area contributed by atoms with Crippen molar-refractivity contribution in [1.82, 2.24) is 10.3 Å². The minimum absolute atomic E-state index is 0.251. The lowest BCUT2D eigenvalue weighted by Gasteiger charge is -2.27. The van der Waals surface area contributed by atoms with Crippen molar-refractivity contribution in [2.24, 2.45) is 0 Å². The van der Waals surface area contributed by atoms with E-state index >= 15 is 0 Å². The average Bonchev–Trinajstić information content (AvgIpc) is 3.50.